The lowest BCUT2D eigenvalue weighted by molar-refractivity contribution is -0.131. The fourth-order valence-corrected chi connectivity index (χ4v) is 2.98. The fraction of sp³-hybridized carbons (Fsp3) is 0.960. The molecule has 0 aliphatic rings. The second-order valence-corrected chi connectivity index (χ2v) is 10.5. The first-order chi connectivity index (χ1) is 13.9. The Labute approximate surface area is 187 Å². The molecule has 0 aromatic rings. The summed E-state index contributed by atoms with van der Waals surface area (Å²) in [6, 6.07) is 0.560. The number of ether oxygens (including phenoxy) is 2. The van der Waals surface area contributed by atoms with E-state index in [1.54, 1.807) is 0 Å². The lowest BCUT2D eigenvalue weighted by atomic mass is 9.88. The van der Waals surface area contributed by atoms with Gasteiger partial charge >= 0.3 is 0 Å². The van der Waals surface area contributed by atoms with Crippen LogP contribution in [-0.4, -0.2) is 50.0 Å². The summed E-state index contributed by atoms with van der Waals surface area (Å²) < 4.78 is 11.9. The van der Waals surface area contributed by atoms with Crippen molar-refractivity contribution in [3.05, 3.63) is 0 Å². The molecule has 0 aliphatic carbocycles. The minimum Gasteiger partial charge on any atom is -0.378 e. The van der Waals surface area contributed by atoms with Crippen molar-refractivity contribution in [1.82, 2.24) is 10.6 Å². The average Bonchev–Trinajstić information content (AvgIpc) is 2.65. The van der Waals surface area contributed by atoms with Crippen molar-refractivity contribution in [2.45, 2.75) is 119 Å². The van der Waals surface area contributed by atoms with Crippen LogP contribution in [0.15, 0.2) is 0 Å². The van der Waals surface area contributed by atoms with Gasteiger partial charge in [0.05, 0.1) is 11.7 Å². The molecule has 0 aromatic carbocycles. The maximum Gasteiger partial charge on any atom is 0.225 e. The molecule has 1 amide bonds. The van der Waals surface area contributed by atoms with E-state index in [-0.39, 0.29) is 17.6 Å². The van der Waals surface area contributed by atoms with Crippen LogP contribution in [-0.2, 0) is 14.3 Å². The number of carbonyl (C=O) groups excluding carboxylic acids is 1. The SMILES string of the molecule is CCC(C)NCCCOC(C)(C)CCNC(=O)C(C)(C)CCOC(C)CCC(C)C. The number of amides is 1. The van der Waals surface area contributed by atoms with Crippen LogP contribution in [0, 0.1) is 11.3 Å². The summed E-state index contributed by atoms with van der Waals surface area (Å²) in [5, 5.41) is 6.58. The highest BCUT2D eigenvalue weighted by atomic mass is 16.5. The zero-order valence-corrected chi connectivity index (χ0v) is 21.5. The number of hydrogen-bond donors (Lipinski definition) is 2. The summed E-state index contributed by atoms with van der Waals surface area (Å²) in [5.41, 5.74) is -0.660. The Morgan fingerprint density at radius 3 is 2.20 bits per heavy atom. The standard InChI is InChI=1S/C25H52N2O3/c1-10-21(4)26-16-11-18-30-25(8,9)14-17-27-23(28)24(6,7)15-19-29-22(5)13-12-20(2)3/h20-22,26H,10-19H2,1-9H3,(H,27,28). The molecule has 2 N–H and O–H groups in total. The van der Waals surface area contributed by atoms with E-state index in [1.807, 2.05) is 13.8 Å². The zero-order chi connectivity index (χ0) is 23.2. The third kappa shape index (κ3) is 15.2. The van der Waals surface area contributed by atoms with Crippen molar-refractivity contribution < 1.29 is 14.3 Å². The van der Waals surface area contributed by atoms with Crippen molar-refractivity contribution in [3.8, 4) is 0 Å². The molecule has 0 radical (unpaired) electrons. The Kier molecular flexibility index (Phi) is 14.9. The van der Waals surface area contributed by atoms with Gasteiger partial charge in [-0.15, -0.1) is 0 Å². The van der Waals surface area contributed by atoms with Crippen LogP contribution >= 0.6 is 0 Å². The highest BCUT2D eigenvalue weighted by Crippen LogP contribution is 2.22. The van der Waals surface area contributed by atoms with E-state index in [0.29, 0.717) is 25.1 Å². The molecule has 2 unspecified atom stereocenters. The maximum absolute atomic E-state index is 12.6. The van der Waals surface area contributed by atoms with Crippen LogP contribution in [0.1, 0.15) is 101 Å². The van der Waals surface area contributed by atoms with E-state index >= 15 is 0 Å². The van der Waals surface area contributed by atoms with Crippen LogP contribution in [0.3, 0.4) is 0 Å². The highest BCUT2D eigenvalue weighted by molar-refractivity contribution is 5.81. The van der Waals surface area contributed by atoms with Crippen molar-refractivity contribution in [2.75, 3.05) is 26.3 Å². The van der Waals surface area contributed by atoms with Crippen molar-refractivity contribution in [1.29, 1.82) is 0 Å². The van der Waals surface area contributed by atoms with Crippen LogP contribution in [0.4, 0.5) is 0 Å². The van der Waals surface area contributed by atoms with Crippen molar-refractivity contribution >= 4 is 5.91 Å². The Hall–Kier alpha value is -0.650. The third-order valence-corrected chi connectivity index (χ3v) is 5.83. The second kappa shape index (κ2) is 15.2. The Bertz CT molecular complexity index is 450. The van der Waals surface area contributed by atoms with Gasteiger partial charge in [-0.2, -0.15) is 0 Å². The first-order valence-electron chi connectivity index (χ1n) is 12.2. The lowest BCUT2D eigenvalue weighted by Gasteiger charge is -2.28. The molecule has 0 bridgehead atoms. The highest BCUT2D eigenvalue weighted by Gasteiger charge is 2.28. The van der Waals surface area contributed by atoms with Gasteiger partial charge < -0.3 is 20.1 Å². The molecule has 0 fully saturated rings. The van der Waals surface area contributed by atoms with E-state index in [1.165, 1.54) is 6.42 Å². The molecule has 5 nitrogen and oxygen atoms in total. The van der Waals surface area contributed by atoms with Gasteiger partial charge in [0.1, 0.15) is 0 Å². The Morgan fingerprint density at radius 2 is 1.60 bits per heavy atom. The summed E-state index contributed by atoms with van der Waals surface area (Å²) >= 11 is 0. The largest absolute Gasteiger partial charge is 0.378 e. The topological polar surface area (TPSA) is 59.6 Å². The van der Waals surface area contributed by atoms with E-state index in [2.05, 4.69) is 59.1 Å². The number of rotatable bonds is 18. The summed E-state index contributed by atoms with van der Waals surface area (Å²) in [6.07, 6.45) is 6.19. The third-order valence-electron chi connectivity index (χ3n) is 5.83. The normalized spacial score (nSPS) is 14.7. The first kappa shape index (κ1) is 29.4. The zero-order valence-electron chi connectivity index (χ0n) is 21.5. The molecule has 0 rings (SSSR count). The van der Waals surface area contributed by atoms with Gasteiger partial charge in [-0.3, -0.25) is 4.79 Å². The van der Waals surface area contributed by atoms with E-state index in [4.69, 9.17) is 9.47 Å². The summed E-state index contributed by atoms with van der Waals surface area (Å²) in [7, 11) is 0. The molecule has 0 spiro atoms. The molecule has 0 saturated carbocycles. The van der Waals surface area contributed by atoms with Crippen LogP contribution in [0.5, 0.6) is 0 Å². The van der Waals surface area contributed by atoms with E-state index in [9.17, 15) is 4.79 Å². The van der Waals surface area contributed by atoms with Gasteiger partial charge in [-0.05, 0) is 78.7 Å². The second-order valence-electron chi connectivity index (χ2n) is 10.5. The Morgan fingerprint density at radius 1 is 0.933 bits per heavy atom. The van der Waals surface area contributed by atoms with Gasteiger partial charge in [0, 0.05) is 31.2 Å². The van der Waals surface area contributed by atoms with Gasteiger partial charge in [0.2, 0.25) is 5.91 Å². The number of carbonyl (C=O) groups is 1. The molecule has 0 aliphatic heterocycles. The summed E-state index contributed by atoms with van der Waals surface area (Å²) in [5.74, 6) is 0.794. The smallest absolute Gasteiger partial charge is 0.225 e. The number of hydrogen-bond acceptors (Lipinski definition) is 4. The molecule has 0 saturated heterocycles. The van der Waals surface area contributed by atoms with Crippen LogP contribution in [0.25, 0.3) is 0 Å². The minimum absolute atomic E-state index is 0.0921. The summed E-state index contributed by atoms with van der Waals surface area (Å²) in [4.78, 5) is 12.6. The average molecular weight is 429 g/mol. The monoisotopic (exact) mass is 428 g/mol. The predicted molar refractivity (Wildman–Crippen MR) is 128 cm³/mol. The molecule has 2 atom stereocenters. The molecule has 30 heavy (non-hydrogen) atoms. The quantitative estimate of drug-likeness (QED) is 0.290. The van der Waals surface area contributed by atoms with E-state index < -0.39 is 5.41 Å². The number of nitrogens with one attached hydrogen (secondary N) is 2. The Balaban J connectivity index is 4.04. The van der Waals surface area contributed by atoms with Gasteiger partial charge in [0.25, 0.3) is 0 Å². The maximum atomic E-state index is 12.6. The van der Waals surface area contributed by atoms with Gasteiger partial charge in [-0.25, -0.2) is 0 Å². The van der Waals surface area contributed by atoms with Crippen molar-refractivity contribution in [3.63, 3.8) is 0 Å². The molecular weight excluding hydrogens is 376 g/mol. The summed E-state index contributed by atoms with van der Waals surface area (Å²) in [6.45, 7) is 22.1. The fourth-order valence-electron chi connectivity index (χ4n) is 2.98. The molecular formula is C25H52N2O3. The molecule has 180 valence electrons. The predicted octanol–water partition coefficient (Wildman–Crippen LogP) is 5.32. The van der Waals surface area contributed by atoms with E-state index in [0.717, 1.165) is 45.3 Å². The lowest BCUT2D eigenvalue weighted by Crippen LogP contribution is -2.40. The first-order valence-corrected chi connectivity index (χ1v) is 12.2. The van der Waals surface area contributed by atoms with Crippen LogP contribution in [0.2, 0.25) is 0 Å². The minimum atomic E-state index is -0.426. The molecule has 0 heterocycles. The van der Waals surface area contributed by atoms with Gasteiger partial charge in [0.15, 0.2) is 0 Å². The molecule has 5 heteroatoms. The van der Waals surface area contributed by atoms with Gasteiger partial charge in [-0.1, -0.05) is 34.6 Å². The van der Waals surface area contributed by atoms with Crippen molar-refractivity contribution in [2.24, 2.45) is 11.3 Å². The molecule has 0 aromatic heterocycles. The van der Waals surface area contributed by atoms with Crippen LogP contribution < -0.4 is 10.6 Å².